The Kier molecular flexibility index (Phi) is 6.10. The summed E-state index contributed by atoms with van der Waals surface area (Å²) in [7, 11) is 0. The molecule has 1 aromatic rings. The molecule has 6 nitrogen and oxygen atoms in total. The molecule has 29 heavy (non-hydrogen) atoms. The molecule has 1 atom stereocenters. The summed E-state index contributed by atoms with van der Waals surface area (Å²) in [5.41, 5.74) is -1.58. The van der Waals surface area contributed by atoms with E-state index in [4.69, 9.17) is 0 Å². The Morgan fingerprint density at radius 3 is 1.66 bits per heavy atom. The molecule has 1 unspecified atom stereocenters. The first kappa shape index (κ1) is 24.3. The third-order valence-corrected chi connectivity index (χ3v) is 2.98. The summed E-state index contributed by atoms with van der Waals surface area (Å²) < 4.78 is 142. The molecule has 17 heteroatoms. The van der Waals surface area contributed by atoms with Gasteiger partial charge in [0.2, 0.25) is 0 Å². The van der Waals surface area contributed by atoms with Crippen molar-refractivity contribution in [3.63, 3.8) is 0 Å². The van der Waals surface area contributed by atoms with Gasteiger partial charge in [-0.2, -0.15) is 48.3 Å². The van der Waals surface area contributed by atoms with Crippen LogP contribution in [0.15, 0.2) is 24.3 Å². The number of anilines is 1. The Morgan fingerprint density at radius 2 is 1.31 bits per heavy atom. The fourth-order valence-corrected chi connectivity index (χ4v) is 1.52. The van der Waals surface area contributed by atoms with Gasteiger partial charge in [-0.05, 0) is 12.1 Å². The molecule has 0 saturated heterocycles. The maximum absolute atomic E-state index is 14.0. The van der Waals surface area contributed by atoms with E-state index in [1.165, 1.54) is 0 Å². The van der Waals surface area contributed by atoms with Crippen molar-refractivity contribution in [3.05, 3.63) is 34.4 Å². The molecule has 164 valence electrons. The lowest BCUT2D eigenvalue weighted by atomic mass is 10.2. The Labute approximate surface area is 151 Å². The summed E-state index contributed by atoms with van der Waals surface area (Å²) in [6.07, 6.45) is -21.2. The van der Waals surface area contributed by atoms with Crippen LogP contribution in [0, 0.1) is 10.1 Å². The zero-order chi connectivity index (χ0) is 23.1. The number of benzene rings is 1. The van der Waals surface area contributed by atoms with Crippen molar-refractivity contribution in [1.82, 2.24) is 0 Å². The number of nitro benzene ring substituents is 1. The monoisotopic (exact) mass is 450 g/mol. The van der Waals surface area contributed by atoms with E-state index < -0.39 is 52.4 Å². The first-order valence-corrected chi connectivity index (χ1v) is 6.60. The second-order valence-electron chi connectivity index (χ2n) is 5.04. The van der Waals surface area contributed by atoms with Crippen molar-refractivity contribution in [2.45, 2.75) is 30.2 Å². The minimum atomic E-state index is -7.31. The zero-order valence-corrected chi connectivity index (χ0v) is 13.0. The lowest BCUT2D eigenvalue weighted by Gasteiger charge is -2.34. The van der Waals surface area contributed by atoms with Crippen molar-refractivity contribution >= 4 is 17.3 Å². The standard InChI is InChI=1S/C12H5F11N2O4/c13-8(10(16,17)18,29-12(22,23)9(14,15)11(19,20)21)7(26)24-5-1-3-6(4-2-5)25(27)28/h1-4H,(H,24,26). The highest BCUT2D eigenvalue weighted by molar-refractivity contribution is 5.97. The average molecular weight is 450 g/mol. The molecule has 1 aromatic carbocycles. The molecule has 0 bridgehead atoms. The van der Waals surface area contributed by atoms with Crippen LogP contribution in [0.2, 0.25) is 0 Å². The molecule has 0 spiro atoms. The minimum absolute atomic E-state index is 0.481. The van der Waals surface area contributed by atoms with Crippen molar-refractivity contribution in [2.75, 3.05) is 5.32 Å². The van der Waals surface area contributed by atoms with Crippen LogP contribution in [-0.2, 0) is 9.53 Å². The second kappa shape index (κ2) is 7.27. The van der Waals surface area contributed by atoms with E-state index in [-0.39, 0.29) is 0 Å². The Balaban J connectivity index is 3.27. The normalized spacial score (nSPS) is 15.6. The molecule has 0 fully saturated rings. The van der Waals surface area contributed by atoms with Crippen LogP contribution in [0.4, 0.5) is 59.7 Å². The highest BCUT2D eigenvalue weighted by Crippen LogP contribution is 2.51. The van der Waals surface area contributed by atoms with Gasteiger partial charge in [-0.3, -0.25) is 19.6 Å². The first-order chi connectivity index (χ1) is 12.8. The van der Waals surface area contributed by atoms with Crippen LogP contribution in [0.5, 0.6) is 0 Å². The molecular weight excluding hydrogens is 445 g/mol. The number of ether oxygens (including phenoxy) is 1. The number of nitrogens with zero attached hydrogens (tertiary/aromatic N) is 1. The van der Waals surface area contributed by atoms with Crippen molar-refractivity contribution in [3.8, 4) is 0 Å². The molecule has 0 aromatic heterocycles. The molecule has 1 rings (SSSR count). The van der Waals surface area contributed by atoms with E-state index in [1.54, 1.807) is 0 Å². The predicted molar refractivity (Wildman–Crippen MR) is 68.7 cm³/mol. The molecular formula is C12H5F11N2O4. The van der Waals surface area contributed by atoms with E-state index in [0.29, 0.717) is 24.3 Å². The van der Waals surface area contributed by atoms with Crippen LogP contribution in [0.1, 0.15) is 0 Å². The summed E-state index contributed by atoms with van der Waals surface area (Å²) in [4.78, 5) is 20.8. The average Bonchev–Trinajstić information content (AvgIpc) is 2.52. The summed E-state index contributed by atoms with van der Waals surface area (Å²) in [6.45, 7) is 0. The van der Waals surface area contributed by atoms with Gasteiger partial charge in [0.15, 0.2) is 0 Å². The summed E-state index contributed by atoms with van der Waals surface area (Å²) in [6, 6.07) is 2.07. The zero-order valence-electron chi connectivity index (χ0n) is 13.0. The lowest BCUT2D eigenvalue weighted by Crippen LogP contribution is -2.62. The Hall–Kier alpha value is -2.72. The summed E-state index contributed by atoms with van der Waals surface area (Å²) in [5, 5.41) is 11.3. The number of halogens is 11. The van der Waals surface area contributed by atoms with Gasteiger partial charge in [0, 0.05) is 17.8 Å². The van der Waals surface area contributed by atoms with Gasteiger partial charge in [0.25, 0.3) is 11.6 Å². The van der Waals surface area contributed by atoms with Crippen molar-refractivity contribution in [1.29, 1.82) is 0 Å². The third-order valence-electron chi connectivity index (χ3n) is 2.98. The highest BCUT2D eigenvalue weighted by atomic mass is 19.4. The van der Waals surface area contributed by atoms with Crippen LogP contribution >= 0.6 is 0 Å². The number of hydrogen-bond acceptors (Lipinski definition) is 4. The van der Waals surface area contributed by atoms with E-state index in [0.717, 1.165) is 5.32 Å². The van der Waals surface area contributed by atoms with E-state index >= 15 is 0 Å². The molecule has 0 aliphatic carbocycles. The number of carbonyl (C=O) groups excluding carboxylic acids is 1. The van der Waals surface area contributed by atoms with Gasteiger partial charge in [-0.25, -0.2) is 0 Å². The van der Waals surface area contributed by atoms with Crippen LogP contribution in [0.25, 0.3) is 0 Å². The maximum Gasteiger partial charge on any atom is 0.462 e. The van der Waals surface area contributed by atoms with Gasteiger partial charge in [0.1, 0.15) is 0 Å². The molecule has 1 N–H and O–H groups in total. The van der Waals surface area contributed by atoms with Gasteiger partial charge in [0.05, 0.1) is 4.92 Å². The number of amides is 1. The lowest BCUT2D eigenvalue weighted by molar-refractivity contribution is -0.472. The number of nitrogens with one attached hydrogen (secondary N) is 1. The van der Waals surface area contributed by atoms with E-state index in [2.05, 4.69) is 4.74 Å². The number of non-ortho nitro benzene ring substituents is 1. The Morgan fingerprint density at radius 1 is 0.862 bits per heavy atom. The Bertz CT molecular complexity index is 776. The van der Waals surface area contributed by atoms with Gasteiger partial charge >= 0.3 is 30.2 Å². The predicted octanol–water partition coefficient (Wildman–Crippen LogP) is 4.57. The maximum atomic E-state index is 14.0. The van der Waals surface area contributed by atoms with Gasteiger partial charge in [-0.15, -0.1) is 0 Å². The number of hydrogen-bond donors (Lipinski definition) is 1. The molecule has 0 saturated carbocycles. The second-order valence-corrected chi connectivity index (χ2v) is 5.04. The van der Waals surface area contributed by atoms with Crippen molar-refractivity contribution < 1.29 is 62.7 Å². The fraction of sp³-hybridized carbons (Fsp3) is 0.417. The molecule has 0 aliphatic heterocycles. The van der Waals surface area contributed by atoms with E-state index in [9.17, 15) is 63.2 Å². The summed E-state index contributed by atoms with van der Waals surface area (Å²) >= 11 is 0. The van der Waals surface area contributed by atoms with Crippen LogP contribution in [0.3, 0.4) is 0 Å². The smallest absolute Gasteiger partial charge is 0.321 e. The fourth-order valence-electron chi connectivity index (χ4n) is 1.52. The SMILES string of the molecule is O=C(Nc1ccc([N+](=O)[O-])cc1)C(F)(OC(F)(F)C(F)(F)C(F)(F)F)C(F)(F)F. The first-order valence-electron chi connectivity index (χ1n) is 6.60. The minimum Gasteiger partial charge on any atom is -0.321 e. The third kappa shape index (κ3) is 4.65. The number of nitro groups is 1. The van der Waals surface area contributed by atoms with Crippen LogP contribution in [-0.4, -0.2) is 41.1 Å². The van der Waals surface area contributed by atoms with Gasteiger partial charge in [-0.1, -0.05) is 0 Å². The topological polar surface area (TPSA) is 81.5 Å². The number of alkyl halides is 11. The van der Waals surface area contributed by atoms with Crippen molar-refractivity contribution in [2.24, 2.45) is 0 Å². The van der Waals surface area contributed by atoms with Gasteiger partial charge < -0.3 is 5.32 Å². The largest absolute Gasteiger partial charge is 0.462 e. The molecule has 0 aliphatic rings. The highest BCUT2D eigenvalue weighted by Gasteiger charge is 2.79. The quantitative estimate of drug-likeness (QED) is 0.391. The molecule has 1 amide bonds. The molecule has 0 radical (unpaired) electrons. The number of carbonyl (C=O) groups is 1. The van der Waals surface area contributed by atoms with Crippen LogP contribution < -0.4 is 5.32 Å². The molecule has 0 heterocycles. The summed E-state index contributed by atoms with van der Waals surface area (Å²) in [5.74, 6) is -16.9. The van der Waals surface area contributed by atoms with E-state index in [1.807, 2.05) is 0 Å². The number of rotatable bonds is 6.